The van der Waals surface area contributed by atoms with E-state index in [1.54, 1.807) is 0 Å². The summed E-state index contributed by atoms with van der Waals surface area (Å²) in [5, 5.41) is 20.3. The summed E-state index contributed by atoms with van der Waals surface area (Å²) < 4.78 is 26.8. The number of hydrogen-bond acceptors (Lipinski definition) is 5. The molecule has 0 spiro atoms. The molecule has 114 valence electrons. The van der Waals surface area contributed by atoms with E-state index in [2.05, 4.69) is 0 Å². The average molecular weight is 312 g/mol. The second-order valence-corrected chi connectivity index (χ2v) is 7.55. The molecule has 2 fully saturated rings. The van der Waals surface area contributed by atoms with Gasteiger partial charge in [0.2, 0.25) is 10.0 Å². The Morgan fingerprint density at radius 2 is 1.95 bits per heavy atom. The van der Waals surface area contributed by atoms with Crippen LogP contribution in [0.1, 0.15) is 25.7 Å². The molecule has 1 N–H and O–H groups in total. The minimum Gasteiger partial charge on any atom is -0.502 e. The van der Waals surface area contributed by atoms with Crippen LogP contribution in [-0.4, -0.2) is 35.3 Å². The maximum Gasteiger partial charge on any atom is 0.312 e. The van der Waals surface area contributed by atoms with Crippen molar-refractivity contribution in [2.24, 2.45) is 5.92 Å². The maximum absolute atomic E-state index is 12.7. The SMILES string of the molecule is O=[N+]([O-])c1cc(S(=O)(=O)N(CC2CC2)C2CC2)ccc1O. The van der Waals surface area contributed by atoms with Gasteiger partial charge in [-0.15, -0.1) is 0 Å². The van der Waals surface area contributed by atoms with E-state index in [1.165, 1.54) is 10.4 Å². The zero-order valence-electron chi connectivity index (χ0n) is 11.3. The van der Waals surface area contributed by atoms with Crippen LogP contribution < -0.4 is 0 Å². The number of benzene rings is 1. The second kappa shape index (κ2) is 4.96. The summed E-state index contributed by atoms with van der Waals surface area (Å²) in [6, 6.07) is 3.24. The van der Waals surface area contributed by atoms with Gasteiger partial charge in [-0.2, -0.15) is 4.31 Å². The van der Waals surface area contributed by atoms with Gasteiger partial charge in [0.05, 0.1) is 9.82 Å². The van der Waals surface area contributed by atoms with E-state index in [-0.39, 0.29) is 10.9 Å². The van der Waals surface area contributed by atoms with Gasteiger partial charge in [0.25, 0.3) is 0 Å². The monoisotopic (exact) mass is 312 g/mol. The molecular formula is C13H16N2O5S. The van der Waals surface area contributed by atoms with Gasteiger partial charge in [0.1, 0.15) is 0 Å². The van der Waals surface area contributed by atoms with Gasteiger partial charge in [-0.25, -0.2) is 8.42 Å². The Kier molecular flexibility index (Phi) is 3.37. The highest BCUT2D eigenvalue weighted by Gasteiger charge is 2.41. The van der Waals surface area contributed by atoms with E-state index in [4.69, 9.17) is 0 Å². The lowest BCUT2D eigenvalue weighted by Crippen LogP contribution is -2.34. The second-order valence-electron chi connectivity index (χ2n) is 5.66. The zero-order valence-corrected chi connectivity index (χ0v) is 12.1. The Morgan fingerprint density at radius 3 is 2.48 bits per heavy atom. The molecule has 0 aliphatic heterocycles. The smallest absolute Gasteiger partial charge is 0.312 e. The summed E-state index contributed by atoms with van der Waals surface area (Å²) in [4.78, 5) is 9.94. The van der Waals surface area contributed by atoms with Crippen LogP contribution in [0.3, 0.4) is 0 Å². The molecule has 0 saturated heterocycles. The summed E-state index contributed by atoms with van der Waals surface area (Å²) in [6.45, 7) is 0.488. The van der Waals surface area contributed by atoms with Crippen molar-refractivity contribution < 1.29 is 18.4 Å². The van der Waals surface area contributed by atoms with Crippen molar-refractivity contribution in [2.45, 2.75) is 36.6 Å². The topological polar surface area (TPSA) is 101 Å². The third-order valence-corrected chi connectivity index (χ3v) is 5.75. The van der Waals surface area contributed by atoms with E-state index in [0.29, 0.717) is 12.5 Å². The molecule has 1 aromatic carbocycles. The van der Waals surface area contributed by atoms with Gasteiger partial charge >= 0.3 is 5.69 Å². The first-order valence-electron chi connectivity index (χ1n) is 6.89. The highest BCUT2D eigenvalue weighted by atomic mass is 32.2. The first-order chi connectivity index (χ1) is 9.89. The molecular weight excluding hydrogens is 296 g/mol. The summed E-state index contributed by atoms with van der Waals surface area (Å²) in [7, 11) is -3.75. The van der Waals surface area contributed by atoms with E-state index >= 15 is 0 Å². The molecule has 2 aliphatic carbocycles. The van der Waals surface area contributed by atoms with Gasteiger partial charge in [-0.3, -0.25) is 10.1 Å². The number of nitro groups is 1. The number of rotatable bonds is 6. The van der Waals surface area contributed by atoms with Crippen LogP contribution in [0.5, 0.6) is 5.75 Å². The van der Waals surface area contributed by atoms with Crippen LogP contribution in [0.2, 0.25) is 0 Å². The molecule has 2 aliphatic rings. The van der Waals surface area contributed by atoms with Crippen LogP contribution >= 0.6 is 0 Å². The number of hydrogen-bond donors (Lipinski definition) is 1. The molecule has 0 radical (unpaired) electrons. The quantitative estimate of drug-likeness (QED) is 0.638. The molecule has 0 amide bonds. The van der Waals surface area contributed by atoms with Crippen molar-refractivity contribution >= 4 is 15.7 Å². The molecule has 8 heteroatoms. The lowest BCUT2D eigenvalue weighted by molar-refractivity contribution is -0.386. The van der Waals surface area contributed by atoms with Crippen molar-refractivity contribution in [3.8, 4) is 5.75 Å². The molecule has 3 rings (SSSR count). The number of aromatic hydroxyl groups is 1. The summed E-state index contributed by atoms with van der Waals surface area (Å²) in [5.41, 5.74) is -0.585. The molecule has 0 atom stereocenters. The van der Waals surface area contributed by atoms with Gasteiger partial charge in [-0.05, 0) is 43.7 Å². The number of phenols is 1. The van der Waals surface area contributed by atoms with Crippen molar-refractivity contribution in [3.05, 3.63) is 28.3 Å². The van der Waals surface area contributed by atoms with Gasteiger partial charge < -0.3 is 5.11 Å². The molecule has 2 saturated carbocycles. The van der Waals surface area contributed by atoms with Gasteiger partial charge in [0.15, 0.2) is 5.75 Å². The minimum atomic E-state index is -3.75. The van der Waals surface area contributed by atoms with Crippen molar-refractivity contribution in [1.29, 1.82) is 0 Å². The fraction of sp³-hybridized carbons (Fsp3) is 0.538. The minimum absolute atomic E-state index is 0.0171. The van der Waals surface area contributed by atoms with Crippen LogP contribution in [0.4, 0.5) is 5.69 Å². The molecule has 0 bridgehead atoms. The van der Waals surface area contributed by atoms with E-state index in [0.717, 1.165) is 37.8 Å². The van der Waals surface area contributed by atoms with E-state index in [1.807, 2.05) is 0 Å². The first-order valence-corrected chi connectivity index (χ1v) is 8.33. The molecule has 0 heterocycles. The number of sulfonamides is 1. The maximum atomic E-state index is 12.7. The highest BCUT2D eigenvalue weighted by Crippen LogP contribution is 2.39. The van der Waals surface area contributed by atoms with Crippen molar-refractivity contribution in [2.75, 3.05) is 6.54 Å². The summed E-state index contributed by atoms with van der Waals surface area (Å²) in [6.07, 6.45) is 3.75. The summed E-state index contributed by atoms with van der Waals surface area (Å²) >= 11 is 0. The lowest BCUT2D eigenvalue weighted by Gasteiger charge is -2.21. The fourth-order valence-electron chi connectivity index (χ4n) is 2.31. The Morgan fingerprint density at radius 1 is 1.29 bits per heavy atom. The molecule has 21 heavy (non-hydrogen) atoms. The predicted octanol–water partition coefficient (Wildman–Crippen LogP) is 1.86. The molecule has 1 aromatic rings. The fourth-order valence-corrected chi connectivity index (χ4v) is 4.09. The molecule has 0 unspecified atom stereocenters. The average Bonchev–Trinajstić information content (AvgIpc) is 3.28. The molecule has 0 aromatic heterocycles. The third-order valence-electron chi connectivity index (χ3n) is 3.84. The standard InChI is InChI=1S/C13H16N2O5S/c16-13-6-5-11(7-12(13)15(17)18)21(19,20)14(10-3-4-10)8-9-1-2-9/h5-7,9-10,16H,1-4,8H2. The lowest BCUT2D eigenvalue weighted by atomic mass is 10.3. The number of phenolic OH excluding ortho intramolecular Hbond substituents is 1. The Balaban J connectivity index is 1.96. The van der Waals surface area contributed by atoms with Crippen LogP contribution in [0.25, 0.3) is 0 Å². The first kappa shape index (κ1) is 14.3. The van der Waals surface area contributed by atoms with Crippen LogP contribution in [0.15, 0.2) is 23.1 Å². The summed E-state index contributed by atoms with van der Waals surface area (Å²) in [5.74, 6) is -0.119. The Hall–Kier alpha value is -1.67. The zero-order chi connectivity index (χ0) is 15.2. The highest BCUT2D eigenvalue weighted by molar-refractivity contribution is 7.89. The molecule has 7 nitrogen and oxygen atoms in total. The van der Waals surface area contributed by atoms with Crippen LogP contribution in [0, 0.1) is 16.0 Å². The van der Waals surface area contributed by atoms with E-state index < -0.39 is 26.4 Å². The van der Waals surface area contributed by atoms with Gasteiger partial charge in [0, 0.05) is 18.7 Å². The predicted molar refractivity (Wildman–Crippen MR) is 74.4 cm³/mol. The Labute approximate surface area is 122 Å². The Bertz CT molecular complexity index is 680. The largest absolute Gasteiger partial charge is 0.502 e. The third kappa shape index (κ3) is 2.86. The van der Waals surface area contributed by atoms with Gasteiger partial charge in [-0.1, -0.05) is 0 Å². The van der Waals surface area contributed by atoms with Crippen molar-refractivity contribution in [1.82, 2.24) is 4.31 Å². The normalized spacial score (nSPS) is 18.9. The number of nitrogens with zero attached hydrogens (tertiary/aromatic N) is 2. The van der Waals surface area contributed by atoms with Crippen LogP contribution in [-0.2, 0) is 10.0 Å². The van der Waals surface area contributed by atoms with Crippen molar-refractivity contribution in [3.63, 3.8) is 0 Å². The number of nitro benzene ring substituents is 1. The van der Waals surface area contributed by atoms with E-state index in [9.17, 15) is 23.6 Å².